The molecule has 7 aromatic carbocycles. The average Bonchev–Trinajstić information content (AvgIpc) is 3.22. The van der Waals surface area contributed by atoms with Crippen molar-refractivity contribution in [3.05, 3.63) is 210 Å². The van der Waals surface area contributed by atoms with Crippen molar-refractivity contribution in [2.45, 2.75) is 0 Å². The van der Waals surface area contributed by atoms with Crippen molar-refractivity contribution >= 4 is 46.3 Å². The van der Waals surface area contributed by atoms with Crippen LogP contribution in [-0.2, 0) is 0 Å². The summed E-state index contributed by atoms with van der Waals surface area (Å²) in [6, 6.07) is 64.3. The highest BCUT2D eigenvalue weighted by Gasteiger charge is 2.13. The molecule has 5 nitrogen and oxygen atoms in total. The minimum absolute atomic E-state index is 0.824. The largest absolute Gasteiger partial charge is 0.497 e. The van der Waals surface area contributed by atoms with Gasteiger partial charge in [0.05, 0.1) is 31.8 Å². The zero-order valence-electron chi connectivity index (χ0n) is 29.2. The summed E-state index contributed by atoms with van der Waals surface area (Å²) in [5.41, 5.74) is 10.6. The molecule has 0 aliphatic carbocycles. The number of hydrazone groups is 1. The first-order valence-electron chi connectivity index (χ1n) is 17.2. The average molecular weight is 678 g/mol. The van der Waals surface area contributed by atoms with Crippen molar-refractivity contribution in [1.82, 2.24) is 0 Å². The molecule has 0 aliphatic heterocycles. The first-order valence-corrected chi connectivity index (χ1v) is 17.2. The number of ether oxygens (including phenoxy) is 2. The van der Waals surface area contributed by atoms with E-state index in [1.807, 2.05) is 78.0 Å². The SMILES string of the molecule is COc1ccc(C(=Cc2ccc(N(c3ccccc3)c3ccc(C=NN(c4ccccc4)c4ccccc4)cc3)cc2)c2ccc(OC)cc2)cc1. The van der Waals surface area contributed by atoms with Crippen LogP contribution in [0.4, 0.5) is 28.4 Å². The van der Waals surface area contributed by atoms with E-state index in [9.17, 15) is 0 Å². The first-order chi connectivity index (χ1) is 25.7. The second kappa shape index (κ2) is 16.2. The third-order valence-electron chi connectivity index (χ3n) is 8.75. The predicted molar refractivity (Wildman–Crippen MR) is 217 cm³/mol. The summed E-state index contributed by atoms with van der Waals surface area (Å²) < 4.78 is 10.8. The molecule has 0 bridgehead atoms. The zero-order chi connectivity index (χ0) is 35.5. The topological polar surface area (TPSA) is 37.3 Å². The van der Waals surface area contributed by atoms with E-state index in [2.05, 4.69) is 132 Å². The molecule has 0 radical (unpaired) electrons. The molecule has 7 aromatic rings. The predicted octanol–water partition coefficient (Wildman–Crippen LogP) is 11.9. The van der Waals surface area contributed by atoms with Crippen LogP contribution >= 0.6 is 0 Å². The highest BCUT2D eigenvalue weighted by Crippen LogP contribution is 2.36. The van der Waals surface area contributed by atoms with E-state index in [1.165, 1.54) is 0 Å². The Hall–Kier alpha value is -6.85. The van der Waals surface area contributed by atoms with Gasteiger partial charge in [0.15, 0.2) is 0 Å². The van der Waals surface area contributed by atoms with Crippen molar-refractivity contribution < 1.29 is 9.47 Å². The minimum Gasteiger partial charge on any atom is -0.497 e. The van der Waals surface area contributed by atoms with Crippen LogP contribution in [0, 0.1) is 0 Å². The molecular formula is C47H39N3O2. The van der Waals surface area contributed by atoms with Gasteiger partial charge < -0.3 is 14.4 Å². The smallest absolute Gasteiger partial charge is 0.118 e. The fraction of sp³-hybridized carbons (Fsp3) is 0.0426. The standard InChI is InChI=1S/C47H39N3O2/c1-51-45-30-22-38(23-31-45)47(39-24-32-46(52-2)33-25-39)34-36-18-26-41(27-19-36)49(40-12-6-3-7-13-40)42-28-20-37(21-29-42)35-48-50(43-14-8-4-9-15-43)44-16-10-5-11-17-44/h3-35H,1-2H3. The van der Waals surface area contributed by atoms with Crippen LogP contribution in [0.1, 0.15) is 22.3 Å². The fourth-order valence-electron chi connectivity index (χ4n) is 6.04. The molecule has 0 spiro atoms. The Morgan fingerprint density at radius 1 is 0.423 bits per heavy atom. The van der Waals surface area contributed by atoms with Gasteiger partial charge in [0.25, 0.3) is 0 Å². The Labute approximate surface area is 306 Å². The number of methoxy groups -OCH3 is 2. The molecule has 7 rings (SSSR count). The van der Waals surface area contributed by atoms with Crippen molar-refractivity contribution in [2.24, 2.45) is 5.10 Å². The molecule has 52 heavy (non-hydrogen) atoms. The number of hydrogen-bond donors (Lipinski definition) is 0. The number of nitrogens with zero attached hydrogens (tertiary/aromatic N) is 3. The van der Waals surface area contributed by atoms with Crippen LogP contribution < -0.4 is 19.4 Å². The van der Waals surface area contributed by atoms with Crippen molar-refractivity contribution in [3.63, 3.8) is 0 Å². The Morgan fingerprint density at radius 3 is 1.23 bits per heavy atom. The lowest BCUT2D eigenvalue weighted by Gasteiger charge is -2.25. The van der Waals surface area contributed by atoms with Gasteiger partial charge >= 0.3 is 0 Å². The van der Waals surface area contributed by atoms with Gasteiger partial charge in [-0.05, 0) is 119 Å². The summed E-state index contributed by atoms with van der Waals surface area (Å²) in [6.07, 6.45) is 4.13. The van der Waals surface area contributed by atoms with E-state index < -0.39 is 0 Å². The van der Waals surface area contributed by atoms with Crippen molar-refractivity contribution in [2.75, 3.05) is 24.1 Å². The number of benzene rings is 7. The number of hydrogen-bond acceptors (Lipinski definition) is 5. The third kappa shape index (κ3) is 7.96. The Morgan fingerprint density at radius 2 is 0.808 bits per heavy atom. The molecule has 0 N–H and O–H groups in total. The van der Waals surface area contributed by atoms with Gasteiger partial charge in [0, 0.05) is 17.1 Å². The highest BCUT2D eigenvalue weighted by atomic mass is 16.5. The van der Waals surface area contributed by atoms with E-state index in [0.29, 0.717) is 0 Å². The van der Waals surface area contributed by atoms with Crippen LogP contribution in [0.3, 0.4) is 0 Å². The van der Waals surface area contributed by atoms with Gasteiger partial charge in [0.2, 0.25) is 0 Å². The summed E-state index contributed by atoms with van der Waals surface area (Å²) in [6.45, 7) is 0. The molecule has 0 aromatic heterocycles. The number of anilines is 5. The molecule has 5 heteroatoms. The molecule has 254 valence electrons. The highest BCUT2D eigenvalue weighted by molar-refractivity contribution is 5.92. The second-order valence-electron chi connectivity index (χ2n) is 12.1. The van der Waals surface area contributed by atoms with Gasteiger partial charge in [0.1, 0.15) is 11.5 Å². The van der Waals surface area contributed by atoms with Gasteiger partial charge in [-0.1, -0.05) is 103 Å². The monoisotopic (exact) mass is 677 g/mol. The summed E-state index contributed by atoms with van der Waals surface area (Å²) in [5, 5.41) is 6.85. The van der Waals surface area contributed by atoms with Crippen LogP contribution in [0.5, 0.6) is 11.5 Å². The molecule has 0 saturated heterocycles. The van der Waals surface area contributed by atoms with Gasteiger partial charge in [-0.2, -0.15) is 5.10 Å². The Bertz CT molecular complexity index is 2130. The number of rotatable bonds is 12. The molecule has 0 amide bonds. The molecule has 0 heterocycles. The van der Waals surface area contributed by atoms with Crippen molar-refractivity contribution in [1.29, 1.82) is 0 Å². The molecular weight excluding hydrogens is 639 g/mol. The molecule has 0 fully saturated rings. The van der Waals surface area contributed by atoms with Crippen LogP contribution in [-0.4, -0.2) is 20.4 Å². The lowest BCUT2D eigenvalue weighted by atomic mass is 9.95. The summed E-state index contributed by atoms with van der Waals surface area (Å²) >= 11 is 0. The summed E-state index contributed by atoms with van der Waals surface area (Å²) in [4.78, 5) is 2.27. The van der Waals surface area contributed by atoms with E-state index in [4.69, 9.17) is 14.6 Å². The molecule has 0 unspecified atom stereocenters. The summed E-state index contributed by atoms with van der Waals surface area (Å²) in [7, 11) is 3.37. The quantitative estimate of drug-likeness (QED) is 0.0733. The van der Waals surface area contributed by atoms with Crippen molar-refractivity contribution in [3.8, 4) is 11.5 Å². The zero-order valence-corrected chi connectivity index (χ0v) is 29.2. The fourth-order valence-corrected chi connectivity index (χ4v) is 6.04. The summed E-state index contributed by atoms with van der Waals surface area (Å²) in [5.74, 6) is 1.65. The Kier molecular flexibility index (Phi) is 10.5. The van der Waals surface area contributed by atoms with E-state index >= 15 is 0 Å². The molecule has 0 atom stereocenters. The maximum absolute atomic E-state index is 5.42. The van der Waals surface area contributed by atoms with E-state index in [0.717, 1.165) is 67.8 Å². The van der Waals surface area contributed by atoms with Gasteiger partial charge in [-0.25, -0.2) is 5.01 Å². The minimum atomic E-state index is 0.824. The molecule has 0 aliphatic rings. The maximum Gasteiger partial charge on any atom is 0.118 e. The van der Waals surface area contributed by atoms with Crippen LogP contribution in [0.15, 0.2) is 193 Å². The molecule has 0 saturated carbocycles. The van der Waals surface area contributed by atoms with E-state index in [1.54, 1.807) is 14.2 Å². The van der Waals surface area contributed by atoms with Crippen LogP contribution in [0.2, 0.25) is 0 Å². The Balaban J connectivity index is 1.19. The van der Waals surface area contributed by atoms with Gasteiger partial charge in [-0.15, -0.1) is 0 Å². The lowest BCUT2D eigenvalue weighted by Crippen LogP contribution is -2.10. The second-order valence-corrected chi connectivity index (χ2v) is 12.1. The first kappa shape index (κ1) is 33.6. The lowest BCUT2D eigenvalue weighted by molar-refractivity contribution is 0.414. The third-order valence-corrected chi connectivity index (χ3v) is 8.75. The normalized spacial score (nSPS) is 10.8. The van der Waals surface area contributed by atoms with Crippen LogP contribution in [0.25, 0.3) is 11.6 Å². The maximum atomic E-state index is 5.42. The van der Waals surface area contributed by atoms with E-state index in [-0.39, 0.29) is 0 Å². The van der Waals surface area contributed by atoms with Gasteiger partial charge in [-0.3, -0.25) is 0 Å². The number of para-hydroxylation sites is 3.